The number of rotatable bonds is 5. The van der Waals surface area contributed by atoms with E-state index in [-0.39, 0.29) is 44.6 Å². The first-order chi connectivity index (χ1) is 37.9. The van der Waals surface area contributed by atoms with E-state index in [1.807, 2.05) is 11.3 Å². The molecule has 2 aliphatic carbocycles. The fourth-order valence-electron chi connectivity index (χ4n) is 15.1. The van der Waals surface area contributed by atoms with Crippen molar-refractivity contribution < 1.29 is 0 Å². The molecule has 0 fully saturated rings. The normalized spacial score (nSPS) is 17.4. The maximum Gasteiger partial charge on any atom is 0.252 e. The van der Waals surface area contributed by atoms with Crippen LogP contribution in [0.25, 0.3) is 20.2 Å². The average molecular weight is 1080 g/mol. The van der Waals surface area contributed by atoms with Gasteiger partial charge in [0.25, 0.3) is 6.71 Å². The van der Waals surface area contributed by atoms with Crippen molar-refractivity contribution in [3.8, 4) is 0 Å². The highest BCUT2D eigenvalue weighted by Crippen LogP contribution is 2.56. The molecule has 13 rings (SSSR count). The minimum Gasteiger partial charge on any atom is -0.311 e. The second-order valence-corrected chi connectivity index (χ2v) is 31.6. The van der Waals surface area contributed by atoms with E-state index in [0.717, 1.165) is 23.5 Å². The van der Waals surface area contributed by atoms with Crippen LogP contribution >= 0.6 is 11.3 Å². The zero-order valence-electron chi connectivity index (χ0n) is 51.8. The van der Waals surface area contributed by atoms with Crippen LogP contribution in [0.2, 0.25) is 0 Å². The highest BCUT2D eigenvalue weighted by molar-refractivity contribution is 7.26. The van der Waals surface area contributed by atoms with Crippen LogP contribution in [0.3, 0.4) is 0 Å². The fourth-order valence-corrected chi connectivity index (χ4v) is 16.3. The molecule has 9 aromatic rings. The minimum absolute atomic E-state index is 0.00499. The van der Waals surface area contributed by atoms with Gasteiger partial charge in [0.2, 0.25) is 0 Å². The van der Waals surface area contributed by atoms with Crippen LogP contribution < -0.4 is 31.1 Å². The second kappa shape index (κ2) is 17.7. The molecule has 412 valence electrons. The molecule has 81 heavy (non-hydrogen) atoms. The van der Waals surface area contributed by atoms with E-state index in [4.69, 9.17) is 0 Å². The summed E-state index contributed by atoms with van der Waals surface area (Å²) < 4.78 is 2.62. The molecular formula is C76H84BN3S. The first kappa shape index (κ1) is 53.7. The van der Waals surface area contributed by atoms with Crippen LogP contribution in [0.4, 0.5) is 51.2 Å². The lowest BCUT2D eigenvalue weighted by Crippen LogP contribution is -2.61. The highest BCUT2D eigenvalue weighted by Gasteiger charge is 2.49. The molecule has 0 atom stereocenters. The third kappa shape index (κ3) is 8.47. The highest BCUT2D eigenvalue weighted by atomic mass is 32.1. The van der Waals surface area contributed by atoms with Crippen molar-refractivity contribution in [1.82, 2.24) is 0 Å². The molecule has 2 aliphatic heterocycles. The molecular weight excluding hydrogens is 998 g/mol. The topological polar surface area (TPSA) is 9.72 Å². The van der Waals surface area contributed by atoms with Gasteiger partial charge < -0.3 is 14.7 Å². The van der Waals surface area contributed by atoms with Crippen molar-refractivity contribution in [3.63, 3.8) is 0 Å². The Bertz CT molecular complexity index is 3990. The van der Waals surface area contributed by atoms with Crippen LogP contribution in [-0.2, 0) is 37.9 Å². The predicted octanol–water partition coefficient (Wildman–Crippen LogP) is 20.1. The Labute approximate surface area is 489 Å². The van der Waals surface area contributed by atoms with Gasteiger partial charge in [-0.2, -0.15) is 0 Å². The first-order valence-corrected chi connectivity index (χ1v) is 30.9. The predicted molar refractivity (Wildman–Crippen MR) is 355 cm³/mol. The van der Waals surface area contributed by atoms with Crippen molar-refractivity contribution in [2.75, 3.05) is 14.7 Å². The number of benzene rings is 8. The lowest BCUT2D eigenvalue weighted by Gasteiger charge is -2.47. The molecule has 0 radical (unpaired) electrons. The number of thiophene rings is 1. The number of aryl methyl sites for hydroxylation is 1. The summed E-state index contributed by atoms with van der Waals surface area (Å²) in [5, 5.41) is 2.61. The molecule has 0 bridgehead atoms. The third-order valence-corrected chi connectivity index (χ3v) is 20.9. The summed E-state index contributed by atoms with van der Waals surface area (Å²) in [6.07, 6.45) is 3.46. The van der Waals surface area contributed by atoms with Crippen LogP contribution in [0.5, 0.6) is 0 Å². The van der Waals surface area contributed by atoms with E-state index in [0.29, 0.717) is 0 Å². The van der Waals surface area contributed by atoms with Gasteiger partial charge in [0.1, 0.15) is 0 Å². The summed E-state index contributed by atoms with van der Waals surface area (Å²) in [6, 6.07) is 58.1. The van der Waals surface area contributed by atoms with Gasteiger partial charge in [-0.05, 0) is 198 Å². The van der Waals surface area contributed by atoms with Gasteiger partial charge in [0.15, 0.2) is 0 Å². The third-order valence-electron chi connectivity index (χ3n) is 19.7. The average Bonchev–Trinajstić information content (AvgIpc) is 2.00. The molecule has 0 N–H and O–H groups in total. The maximum atomic E-state index is 2.76. The summed E-state index contributed by atoms with van der Waals surface area (Å²) in [6.45, 7) is 43.3. The van der Waals surface area contributed by atoms with Gasteiger partial charge in [0.05, 0.1) is 10.4 Å². The SMILES string of the molecule is Cc1cc2c(cc1N1c3cc4c(cc3B3c5ccc(N(c6ccc(C(C)(C)C)cc6)c6ccc(C(C)(C)C)cc6)cc5N(c5cccc6c5sc5ccccc56)c5cc(C(C)(C)C)cc1c53)C(C)(C)CC4(C)C)C(C)(C)CCC2(C)C. The van der Waals surface area contributed by atoms with Gasteiger partial charge in [-0.15, -0.1) is 11.3 Å². The Kier molecular flexibility index (Phi) is 11.8. The Balaban J connectivity index is 1.15. The summed E-state index contributed by atoms with van der Waals surface area (Å²) in [5.41, 5.74) is 26.5. The standard InChI is InChI=1S/C76H84BN3S/c1-46-38-55-57(74(13,14)37-36-73(55,11)12)43-62(46)80-64-44-58-56(75(15,16)45-76(58,17)18)42-60(64)77-59-35-34-52(78(50-30-26-47(27-31-50)70(2,3)4)51-32-28-48(29-33-51)71(5,6)7)41-63(59)79(65-39-49(72(8,9)10)40-66(80)68(65)77)61-24-21-23-54-53-22-19-20-25-67(53)81-69(54)61/h19-35,38-44H,36-37,45H2,1-18H3. The monoisotopic (exact) mass is 1080 g/mol. The van der Waals surface area contributed by atoms with E-state index in [2.05, 4.69) is 285 Å². The maximum absolute atomic E-state index is 2.76. The number of hydrogen-bond acceptors (Lipinski definition) is 4. The van der Waals surface area contributed by atoms with Crippen molar-refractivity contribution in [3.05, 3.63) is 190 Å². The zero-order valence-corrected chi connectivity index (χ0v) is 52.6. The van der Waals surface area contributed by atoms with Crippen LogP contribution in [-0.4, -0.2) is 6.71 Å². The van der Waals surface area contributed by atoms with Gasteiger partial charge in [0, 0.05) is 61.0 Å². The fraction of sp³-hybridized carbons (Fsp3) is 0.368. The summed E-state index contributed by atoms with van der Waals surface area (Å²) in [4.78, 5) is 7.97. The Hall–Kier alpha value is -6.56. The van der Waals surface area contributed by atoms with Crippen molar-refractivity contribution in [1.29, 1.82) is 0 Å². The molecule has 5 heteroatoms. The largest absolute Gasteiger partial charge is 0.311 e. The van der Waals surface area contributed by atoms with Crippen molar-refractivity contribution in [2.24, 2.45) is 0 Å². The van der Waals surface area contributed by atoms with Crippen LogP contribution in [0.15, 0.2) is 146 Å². The van der Waals surface area contributed by atoms with E-state index in [9.17, 15) is 0 Å². The molecule has 0 spiro atoms. The zero-order chi connectivity index (χ0) is 57.5. The molecule has 8 aromatic carbocycles. The minimum atomic E-state index is -0.166. The lowest BCUT2D eigenvalue weighted by molar-refractivity contribution is 0.332. The number of nitrogens with zero attached hydrogens (tertiary/aromatic N) is 3. The molecule has 3 heterocycles. The summed E-state index contributed by atoms with van der Waals surface area (Å²) in [5.74, 6) is 0. The first-order valence-electron chi connectivity index (χ1n) is 30.1. The molecule has 3 nitrogen and oxygen atoms in total. The van der Waals surface area contributed by atoms with Crippen molar-refractivity contribution in [2.45, 2.75) is 182 Å². The van der Waals surface area contributed by atoms with Gasteiger partial charge in [-0.3, -0.25) is 0 Å². The molecule has 0 saturated carbocycles. The Morgan fingerprint density at radius 1 is 0.420 bits per heavy atom. The van der Waals surface area contributed by atoms with E-state index in [1.165, 1.54) is 128 Å². The van der Waals surface area contributed by atoms with Gasteiger partial charge in [-0.25, -0.2) is 0 Å². The smallest absolute Gasteiger partial charge is 0.252 e. The van der Waals surface area contributed by atoms with E-state index < -0.39 is 0 Å². The quantitative estimate of drug-likeness (QED) is 0.159. The molecule has 1 aromatic heterocycles. The Morgan fingerprint density at radius 2 is 0.901 bits per heavy atom. The summed E-state index contributed by atoms with van der Waals surface area (Å²) >= 11 is 1.93. The molecule has 4 aliphatic rings. The van der Waals surface area contributed by atoms with Crippen LogP contribution in [0.1, 0.15) is 181 Å². The summed E-state index contributed by atoms with van der Waals surface area (Å²) in [7, 11) is 0. The number of hydrogen-bond donors (Lipinski definition) is 0. The molecule has 0 unspecified atom stereocenters. The number of fused-ring (bicyclic) bond motifs is 9. The number of anilines is 9. The van der Waals surface area contributed by atoms with Crippen molar-refractivity contribution >= 4 is 106 Å². The van der Waals surface area contributed by atoms with E-state index >= 15 is 0 Å². The van der Waals surface area contributed by atoms with Gasteiger partial charge >= 0.3 is 0 Å². The van der Waals surface area contributed by atoms with Gasteiger partial charge in [-0.1, -0.05) is 190 Å². The second-order valence-electron chi connectivity index (χ2n) is 30.6. The molecule has 0 amide bonds. The van der Waals surface area contributed by atoms with E-state index in [1.54, 1.807) is 0 Å². The molecule has 0 saturated heterocycles. The Morgan fingerprint density at radius 3 is 1.48 bits per heavy atom. The lowest BCUT2D eigenvalue weighted by atomic mass is 9.33. The van der Waals surface area contributed by atoms with Crippen LogP contribution in [0, 0.1) is 6.92 Å².